The molecule has 0 aliphatic heterocycles. The second kappa shape index (κ2) is 4.97. The van der Waals surface area contributed by atoms with Gasteiger partial charge in [-0.15, -0.1) is 0 Å². The summed E-state index contributed by atoms with van der Waals surface area (Å²) in [5.41, 5.74) is 0. The lowest BCUT2D eigenvalue weighted by molar-refractivity contribution is 0.330. The lowest BCUT2D eigenvalue weighted by Gasteiger charge is -2.23. The molecule has 1 nitrogen and oxygen atoms in total. The van der Waals surface area contributed by atoms with Crippen molar-refractivity contribution in [1.29, 1.82) is 0 Å². The largest absolute Gasteiger partial charge is 0.311 e. The molecular formula is C13H23N. The van der Waals surface area contributed by atoms with E-state index in [9.17, 15) is 0 Å². The molecule has 14 heavy (non-hydrogen) atoms. The summed E-state index contributed by atoms with van der Waals surface area (Å²) in [6, 6.07) is 0.853. The van der Waals surface area contributed by atoms with Gasteiger partial charge in [-0.2, -0.15) is 0 Å². The zero-order valence-electron chi connectivity index (χ0n) is 9.34. The minimum atomic E-state index is 0.853. The van der Waals surface area contributed by atoms with Crippen LogP contribution >= 0.6 is 0 Å². The van der Waals surface area contributed by atoms with Gasteiger partial charge >= 0.3 is 0 Å². The van der Waals surface area contributed by atoms with E-state index < -0.39 is 0 Å². The van der Waals surface area contributed by atoms with Crippen molar-refractivity contribution in [3.63, 3.8) is 0 Å². The van der Waals surface area contributed by atoms with Crippen LogP contribution < -0.4 is 5.32 Å². The molecule has 0 aromatic rings. The average molecular weight is 193 g/mol. The lowest BCUT2D eigenvalue weighted by Crippen LogP contribution is -2.16. The standard InChI is InChI=1S/C13H23N/c1-11-4-6-12(7-5-11)3-2-10-14-13-8-9-13/h2-3,11-14H,4-10H2,1H3/b3-2+. The van der Waals surface area contributed by atoms with E-state index in [0.717, 1.165) is 24.4 Å². The third kappa shape index (κ3) is 3.45. The number of rotatable bonds is 4. The molecule has 0 aromatic heterocycles. The zero-order chi connectivity index (χ0) is 9.80. The van der Waals surface area contributed by atoms with E-state index in [1.54, 1.807) is 0 Å². The first-order valence-corrected chi connectivity index (χ1v) is 6.24. The van der Waals surface area contributed by atoms with Crippen LogP contribution in [0.25, 0.3) is 0 Å². The summed E-state index contributed by atoms with van der Waals surface area (Å²) in [6.07, 6.45) is 13.3. The van der Waals surface area contributed by atoms with E-state index in [4.69, 9.17) is 0 Å². The van der Waals surface area contributed by atoms with Crippen LogP contribution in [-0.4, -0.2) is 12.6 Å². The van der Waals surface area contributed by atoms with Crippen molar-refractivity contribution in [2.45, 2.75) is 51.5 Å². The minimum Gasteiger partial charge on any atom is -0.311 e. The summed E-state index contributed by atoms with van der Waals surface area (Å²) < 4.78 is 0. The average Bonchev–Trinajstić information content (AvgIpc) is 2.99. The van der Waals surface area contributed by atoms with Gasteiger partial charge in [0, 0.05) is 12.6 Å². The summed E-state index contributed by atoms with van der Waals surface area (Å²) in [5.74, 6) is 1.86. The molecule has 0 bridgehead atoms. The highest BCUT2D eigenvalue weighted by Crippen LogP contribution is 2.28. The molecular weight excluding hydrogens is 170 g/mol. The quantitative estimate of drug-likeness (QED) is 0.676. The lowest BCUT2D eigenvalue weighted by atomic mass is 9.83. The van der Waals surface area contributed by atoms with E-state index in [1.165, 1.54) is 38.5 Å². The maximum Gasteiger partial charge on any atom is 0.0137 e. The van der Waals surface area contributed by atoms with E-state index in [1.807, 2.05) is 0 Å². The molecule has 0 atom stereocenters. The smallest absolute Gasteiger partial charge is 0.0137 e. The first kappa shape index (κ1) is 10.2. The van der Waals surface area contributed by atoms with Crippen LogP contribution in [0, 0.1) is 11.8 Å². The molecule has 0 spiro atoms. The number of hydrogen-bond acceptors (Lipinski definition) is 1. The van der Waals surface area contributed by atoms with E-state index >= 15 is 0 Å². The third-order valence-corrected chi connectivity index (χ3v) is 3.57. The molecule has 2 fully saturated rings. The Kier molecular flexibility index (Phi) is 3.63. The van der Waals surface area contributed by atoms with Crippen molar-refractivity contribution >= 4 is 0 Å². The fourth-order valence-electron chi connectivity index (χ4n) is 2.26. The second-order valence-electron chi connectivity index (χ2n) is 5.13. The van der Waals surface area contributed by atoms with Crippen LogP contribution in [-0.2, 0) is 0 Å². The highest BCUT2D eigenvalue weighted by Gasteiger charge is 2.19. The first-order valence-electron chi connectivity index (χ1n) is 6.24. The van der Waals surface area contributed by atoms with Crippen molar-refractivity contribution in [2.75, 3.05) is 6.54 Å². The minimum absolute atomic E-state index is 0.853. The highest BCUT2D eigenvalue weighted by atomic mass is 14.9. The van der Waals surface area contributed by atoms with Gasteiger partial charge in [-0.1, -0.05) is 31.9 Å². The van der Waals surface area contributed by atoms with Gasteiger partial charge in [0.05, 0.1) is 0 Å². The Bertz CT molecular complexity index is 185. The van der Waals surface area contributed by atoms with Crippen LogP contribution in [0.5, 0.6) is 0 Å². The van der Waals surface area contributed by atoms with E-state index in [0.29, 0.717) is 0 Å². The Morgan fingerprint density at radius 3 is 2.43 bits per heavy atom. The van der Waals surface area contributed by atoms with Crippen molar-refractivity contribution in [3.05, 3.63) is 12.2 Å². The molecule has 2 saturated carbocycles. The Hall–Kier alpha value is -0.300. The van der Waals surface area contributed by atoms with Gasteiger partial charge in [0.1, 0.15) is 0 Å². The molecule has 2 aliphatic rings. The SMILES string of the molecule is CC1CCC(/C=C/CNC2CC2)CC1. The van der Waals surface area contributed by atoms with Gasteiger partial charge in [0.2, 0.25) is 0 Å². The fraction of sp³-hybridized carbons (Fsp3) is 0.846. The van der Waals surface area contributed by atoms with Crippen molar-refractivity contribution in [3.8, 4) is 0 Å². The molecule has 80 valence electrons. The Labute approximate surface area is 88.0 Å². The van der Waals surface area contributed by atoms with Gasteiger partial charge in [0.15, 0.2) is 0 Å². The fourth-order valence-corrected chi connectivity index (χ4v) is 2.26. The summed E-state index contributed by atoms with van der Waals surface area (Å²) in [5, 5.41) is 3.52. The summed E-state index contributed by atoms with van der Waals surface area (Å²) in [7, 11) is 0. The third-order valence-electron chi connectivity index (χ3n) is 3.57. The molecule has 0 saturated heterocycles. The maximum absolute atomic E-state index is 3.52. The molecule has 1 heteroatoms. The van der Waals surface area contributed by atoms with E-state index in [2.05, 4.69) is 24.4 Å². The van der Waals surface area contributed by atoms with Crippen molar-refractivity contribution < 1.29 is 0 Å². The van der Waals surface area contributed by atoms with Gasteiger partial charge in [-0.05, 0) is 37.5 Å². The van der Waals surface area contributed by atoms with Gasteiger partial charge < -0.3 is 5.32 Å². The number of allylic oxidation sites excluding steroid dienone is 1. The molecule has 2 rings (SSSR count). The van der Waals surface area contributed by atoms with Gasteiger partial charge in [-0.25, -0.2) is 0 Å². The van der Waals surface area contributed by atoms with Crippen LogP contribution in [0.2, 0.25) is 0 Å². The summed E-state index contributed by atoms with van der Waals surface area (Å²) >= 11 is 0. The monoisotopic (exact) mass is 193 g/mol. The van der Waals surface area contributed by atoms with Crippen molar-refractivity contribution in [2.24, 2.45) is 11.8 Å². The second-order valence-corrected chi connectivity index (χ2v) is 5.13. The summed E-state index contributed by atoms with van der Waals surface area (Å²) in [4.78, 5) is 0. The van der Waals surface area contributed by atoms with Crippen molar-refractivity contribution in [1.82, 2.24) is 5.32 Å². The number of hydrogen-bond donors (Lipinski definition) is 1. The molecule has 0 unspecified atom stereocenters. The molecule has 2 aliphatic carbocycles. The zero-order valence-corrected chi connectivity index (χ0v) is 9.34. The van der Waals surface area contributed by atoms with E-state index in [-0.39, 0.29) is 0 Å². The maximum atomic E-state index is 3.52. The topological polar surface area (TPSA) is 12.0 Å². The Morgan fingerprint density at radius 1 is 1.07 bits per heavy atom. The predicted octanol–water partition coefficient (Wildman–Crippen LogP) is 3.12. The molecule has 0 amide bonds. The molecule has 0 heterocycles. The molecule has 1 N–H and O–H groups in total. The predicted molar refractivity (Wildman–Crippen MR) is 61.3 cm³/mol. The van der Waals surface area contributed by atoms with Crippen LogP contribution in [0.1, 0.15) is 45.4 Å². The Morgan fingerprint density at radius 2 is 1.79 bits per heavy atom. The number of nitrogens with one attached hydrogen (secondary N) is 1. The van der Waals surface area contributed by atoms with Gasteiger partial charge in [-0.3, -0.25) is 0 Å². The van der Waals surface area contributed by atoms with Crippen LogP contribution in [0.3, 0.4) is 0 Å². The Balaban J connectivity index is 1.58. The molecule has 0 aromatic carbocycles. The highest BCUT2D eigenvalue weighted by molar-refractivity contribution is 4.93. The molecule has 0 radical (unpaired) electrons. The normalized spacial score (nSPS) is 33.8. The van der Waals surface area contributed by atoms with Crippen LogP contribution in [0.15, 0.2) is 12.2 Å². The first-order chi connectivity index (χ1) is 6.84. The van der Waals surface area contributed by atoms with Crippen LogP contribution in [0.4, 0.5) is 0 Å². The summed E-state index contributed by atoms with van der Waals surface area (Å²) in [6.45, 7) is 3.48. The van der Waals surface area contributed by atoms with Gasteiger partial charge in [0.25, 0.3) is 0 Å².